The van der Waals surface area contributed by atoms with Crippen molar-refractivity contribution in [1.29, 1.82) is 0 Å². The lowest BCUT2D eigenvalue weighted by molar-refractivity contribution is -0.137. The van der Waals surface area contributed by atoms with Gasteiger partial charge in [0.1, 0.15) is 18.1 Å². The molecule has 7 heteroatoms. The van der Waals surface area contributed by atoms with E-state index in [0.29, 0.717) is 12.3 Å². The number of carboxylic acids is 1. The van der Waals surface area contributed by atoms with Crippen molar-refractivity contribution in [3.05, 3.63) is 72.2 Å². The number of aryl methyl sites for hydroxylation is 1. The van der Waals surface area contributed by atoms with Crippen LogP contribution in [0.3, 0.4) is 0 Å². The Hall–Kier alpha value is -3.61. The van der Waals surface area contributed by atoms with Crippen molar-refractivity contribution in [2.45, 2.75) is 26.3 Å². The summed E-state index contributed by atoms with van der Waals surface area (Å²) in [5.41, 5.74) is 2.81. The van der Waals surface area contributed by atoms with Crippen LogP contribution < -0.4 is 10.1 Å². The molecule has 0 unspecified atom stereocenters. The van der Waals surface area contributed by atoms with Crippen molar-refractivity contribution >= 4 is 17.6 Å². The Balaban J connectivity index is 1.80. The fourth-order valence-electron chi connectivity index (χ4n) is 3.17. The lowest BCUT2D eigenvalue weighted by atomic mass is 10.1. The monoisotopic (exact) mass is 410 g/mol. The number of carboxylic acid groups (broad SMARTS) is 1. The summed E-state index contributed by atoms with van der Waals surface area (Å²) in [6.07, 6.45) is 0.236. The molecule has 2 aromatic carbocycles. The third-order valence-corrected chi connectivity index (χ3v) is 4.56. The largest absolute Gasteiger partial charge is 0.494 e. The number of aliphatic carboxylic acids is 1. The number of nitrogens with one attached hydrogen (secondary N) is 1. The summed E-state index contributed by atoms with van der Waals surface area (Å²) in [4.78, 5) is 23.7. The molecule has 0 bridgehead atoms. The number of aromatic nitrogens is 1. The first-order valence-corrected chi connectivity index (χ1v) is 9.65. The van der Waals surface area contributed by atoms with E-state index >= 15 is 0 Å². The summed E-state index contributed by atoms with van der Waals surface area (Å²) in [6, 6.07) is 16.6. The van der Waals surface area contributed by atoms with Crippen molar-refractivity contribution in [2.24, 2.45) is 0 Å². The Kier molecular flexibility index (Phi) is 6.85. The number of nitrogens with zero attached hydrogens (tertiary/aromatic N) is 1. The molecule has 0 atom stereocenters. The average molecular weight is 410 g/mol. The lowest BCUT2D eigenvalue weighted by Gasteiger charge is -2.14. The minimum atomic E-state index is -0.912. The molecule has 0 saturated heterocycles. The van der Waals surface area contributed by atoms with E-state index in [0.717, 1.165) is 22.7 Å². The zero-order valence-corrected chi connectivity index (χ0v) is 16.6. The molecule has 0 saturated carbocycles. The van der Waals surface area contributed by atoms with Crippen LogP contribution in [0.25, 0.3) is 11.3 Å². The summed E-state index contributed by atoms with van der Waals surface area (Å²) < 4.78 is 20.5. The summed E-state index contributed by atoms with van der Waals surface area (Å²) in [7, 11) is 0. The van der Waals surface area contributed by atoms with Gasteiger partial charge >= 0.3 is 5.97 Å². The number of hydrogen-bond acceptors (Lipinski definition) is 3. The average Bonchev–Trinajstić information content (AvgIpc) is 3.11. The van der Waals surface area contributed by atoms with Gasteiger partial charge in [-0.25, -0.2) is 4.39 Å². The minimum Gasteiger partial charge on any atom is -0.494 e. The Morgan fingerprint density at radius 3 is 2.37 bits per heavy atom. The molecule has 0 spiro atoms. The summed E-state index contributed by atoms with van der Waals surface area (Å²) in [5.74, 6) is -0.799. The maximum atomic E-state index is 13.3. The van der Waals surface area contributed by atoms with Crippen LogP contribution in [-0.4, -0.2) is 28.2 Å². The highest BCUT2D eigenvalue weighted by atomic mass is 19.1. The standard InChI is InChI=1S/C23H23FN2O4/c1-2-30-20-11-7-18(8-12-20)25-22(27)15-26-19(10-14-23(28)29)9-13-21(26)16-3-5-17(24)6-4-16/h3-9,11-13H,2,10,14-15H2,1H3,(H,25,27)(H,28,29). The van der Waals surface area contributed by atoms with E-state index in [9.17, 15) is 14.0 Å². The van der Waals surface area contributed by atoms with Gasteiger partial charge in [-0.05, 0) is 79.6 Å². The Labute approximate surface area is 173 Å². The van der Waals surface area contributed by atoms with Crippen LogP contribution in [0.15, 0.2) is 60.7 Å². The second kappa shape index (κ2) is 9.73. The quantitative estimate of drug-likeness (QED) is 0.550. The van der Waals surface area contributed by atoms with Gasteiger partial charge in [0, 0.05) is 17.1 Å². The van der Waals surface area contributed by atoms with Gasteiger partial charge in [0.15, 0.2) is 0 Å². The summed E-state index contributed by atoms with van der Waals surface area (Å²) in [5, 5.41) is 11.9. The molecule has 3 aromatic rings. The van der Waals surface area contributed by atoms with Crippen LogP contribution in [-0.2, 0) is 22.6 Å². The number of anilines is 1. The molecule has 30 heavy (non-hydrogen) atoms. The molecule has 1 aromatic heterocycles. The van der Waals surface area contributed by atoms with Gasteiger partial charge in [0.25, 0.3) is 0 Å². The molecule has 0 aliphatic rings. The fraction of sp³-hybridized carbons (Fsp3) is 0.217. The van der Waals surface area contributed by atoms with Gasteiger partial charge in [0.05, 0.1) is 13.0 Å². The molecule has 3 rings (SSSR count). The predicted octanol–water partition coefficient (Wildman–Crippen LogP) is 4.35. The first kappa shape index (κ1) is 21.1. The zero-order valence-electron chi connectivity index (χ0n) is 16.6. The molecule has 156 valence electrons. The van der Waals surface area contributed by atoms with Crippen molar-refractivity contribution in [3.63, 3.8) is 0 Å². The number of benzene rings is 2. The van der Waals surface area contributed by atoms with Crippen molar-refractivity contribution in [1.82, 2.24) is 4.57 Å². The van der Waals surface area contributed by atoms with E-state index in [1.165, 1.54) is 12.1 Å². The van der Waals surface area contributed by atoms with E-state index in [-0.39, 0.29) is 31.1 Å². The van der Waals surface area contributed by atoms with Gasteiger partial charge in [-0.2, -0.15) is 0 Å². The first-order valence-electron chi connectivity index (χ1n) is 9.65. The Morgan fingerprint density at radius 1 is 1.03 bits per heavy atom. The summed E-state index contributed by atoms with van der Waals surface area (Å²) in [6.45, 7) is 2.46. The van der Waals surface area contributed by atoms with Gasteiger partial charge in [-0.15, -0.1) is 0 Å². The Morgan fingerprint density at radius 2 is 1.73 bits per heavy atom. The maximum Gasteiger partial charge on any atom is 0.303 e. The van der Waals surface area contributed by atoms with Crippen molar-refractivity contribution in [3.8, 4) is 17.0 Å². The zero-order chi connectivity index (χ0) is 21.5. The third kappa shape index (κ3) is 5.47. The number of carbonyl (C=O) groups excluding carboxylic acids is 1. The van der Waals surface area contributed by atoms with E-state index in [1.54, 1.807) is 47.0 Å². The van der Waals surface area contributed by atoms with Crippen LogP contribution in [0.4, 0.5) is 10.1 Å². The SMILES string of the molecule is CCOc1ccc(NC(=O)Cn2c(CCC(=O)O)ccc2-c2ccc(F)cc2)cc1. The topological polar surface area (TPSA) is 80.6 Å². The predicted molar refractivity (Wildman–Crippen MR) is 112 cm³/mol. The molecule has 1 amide bonds. The highest BCUT2D eigenvalue weighted by Gasteiger charge is 2.15. The van der Waals surface area contributed by atoms with Gasteiger partial charge in [0.2, 0.25) is 5.91 Å². The third-order valence-electron chi connectivity index (χ3n) is 4.56. The van der Waals surface area contributed by atoms with Crippen LogP contribution in [0.1, 0.15) is 19.0 Å². The van der Waals surface area contributed by atoms with E-state index < -0.39 is 5.97 Å². The molecule has 0 aliphatic carbocycles. The van der Waals surface area contributed by atoms with Gasteiger partial charge in [-0.3, -0.25) is 9.59 Å². The second-order valence-corrected chi connectivity index (χ2v) is 6.70. The second-order valence-electron chi connectivity index (χ2n) is 6.70. The Bertz CT molecular complexity index is 1010. The van der Waals surface area contributed by atoms with E-state index in [4.69, 9.17) is 9.84 Å². The fourth-order valence-corrected chi connectivity index (χ4v) is 3.17. The lowest BCUT2D eigenvalue weighted by Crippen LogP contribution is -2.21. The molecule has 0 aliphatic heterocycles. The van der Waals surface area contributed by atoms with E-state index in [2.05, 4.69) is 5.32 Å². The van der Waals surface area contributed by atoms with Crippen molar-refractivity contribution < 1.29 is 23.8 Å². The molecule has 0 radical (unpaired) electrons. The number of carbonyl (C=O) groups is 2. The van der Waals surface area contributed by atoms with Crippen LogP contribution >= 0.6 is 0 Å². The molecule has 0 fully saturated rings. The highest BCUT2D eigenvalue weighted by Crippen LogP contribution is 2.24. The highest BCUT2D eigenvalue weighted by molar-refractivity contribution is 5.91. The van der Waals surface area contributed by atoms with E-state index in [1.807, 2.05) is 13.0 Å². The van der Waals surface area contributed by atoms with Crippen LogP contribution in [0, 0.1) is 5.82 Å². The van der Waals surface area contributed by atoms with Crippen LogP contribution in [0.2, 0.25) is 0 Å². The van der Waals surface area contributed by atoms with Gasteiger partial charge in [-0.1, -0.05) is 0 Å². The number of hydrogen-bond donors (Lipinski definition) is 2. The molecule has 6 nitrogen and oxygen atoms in total. The normalized spacial score (nSPS) is 10.6. The number of halogens is 1. The van der Waals surface area contributed by atoms with Crippen molar-refractivity contribution in [2.75, 3.05) is 11.9 Å². The molecular weight excluding hydrogens is 387 g/mol. The number of ether oxygens (including phenoxy) is 1. The maximum absolute atomic E-state index is 13.3. The first-order chi connectivity index (χ1) is 14.5. The number of amides is 1. The molecule has 2 N–H and O–H groups in total. The summed E-state index contributed by atoms with van der Waals surface area (Å²) >= 11 is 0. The minimum absolute atomic E-state index is 0.00186. The van der Waals surface area contributed by atoms with Crippen LogP contribution in [0.5, 0.6) is 5.75 Å². The number of rotatable bonds is 9. The molecule has 1 heterocycles. The smallest absolute Gasteiger partial charge is 0.303 e. The molecular formula is C23H23FN2O4. The van der Waals surface area contributed by atoms with Gasteiger partial charge < -0.3 is 19.7 Å².